The highest BCUT2D eigenvalue weighted by Gasteiger charge is 2.18. The van der Waals surface area contributed by atoms with Crippen LogP contribution in [0, 0.1) is 5.82 Å². The third-order valence-electron chi connectivity index (χ3n) is 4.56. The van der Waals surface area contributed by atoms with Gasteiger partial charge in [-0.3, -0.25) is 4.68 Å². The Kier molecular flexibility index (Phi) is 6.81. The van der Waals surface area contributed by atoms with Crippen LogP contribution in [0.15, 0.2) is 42.7 Å². The van der Waals surface area contributed by atoms with E-state index in [1.54, 1.807) is 6.20 Å². The number of halogens is 3. The van der Waals surface area contributed by atoms with Crippen LogP contribution in [0.1, 0.15) is 30.6 Å². The molecule has 1 aromatic carbocycles. The van der Waals surface area contributed by atoms with Crippen molar-refractivity contribution in [2.75, 3.05) is 6.54 Å². The van der Waals surface area contributed by atoms with E-state index in [4.69, 9.17) is 5.10 Å². The number of aromatic nitrogens is 4. The van der Waals surface area contributed by atoms with Crippen molar-refractivity contribution >= 4 is 24.8 Å². The zero-order chi connectivity index (χ0) is 16.5. The van der Waals surface area contributed by atoms with E-state index in [0.29, 0.717) is 0 Å². The highest BCUT2D eigenvalue weighted by molar-refractivity contribution is 5.85. The van der Waals surface area contributed by atoms with Crippen molar-refractivity contribution in [3.63, 3.8) is 0 Å². The van der Waals surface area contributed by atoms with Gasteiger partial charge in [-0.1, -0.05) is 12.1 Å². The van der Waals surface area contributed by atoms with Crippen LogP contribution in [-0.2, 0) is 13.1 Å². The molecule has 0 radical (unpaired) electrons. The van der Waals surface area contributed by atoms with E-state index in [0.717, 1.165) is 43.1 Å². The molecule has 26 heavy (non-hydrogen) atoms. The van der Waals surface area contributed by atoms with Crippen LogP contribution in [0.4, 0.5) is 4.39 Å². The summed E-state index contributed by atoms with van der Waals surface area (Å²) in [4.78, 5) is 4.51. The molecule has 0 aliphatic carbocycles. The number of benzene rings is 1. The SMILES string of the molecule is CC(c1ccc(F)cc1)n1ccnc1-c1cc2n(n1)CCCNC2.Cl.Cl. The number of hydrogen-bond acceptors (Lipinski definition) is 3. The molecule has 0 saturated carbocycles. The molecular formula is C18H22Cl2FN5. The Morgan fingerprint density at radius 1 is 1.19 bits per heavy atom. The van der Waals surface area contributed by atoms with E-state index < -0.39 is 0 Å². The number of nitrogens with zero attached hydrogens (tertiary/aromatic N) is 4. The Morgan fingerprint density at radius 3 is 2.73 bits per heavy atom. The minimum atomic E-state index is -0.220. The molecule has 0 bridgehead atoms. The molecule has 8 heteroatoms. The van der Waals surface area contributed by atoms with E-state index in [1.807, 2.05) is 18.3 Å². The molecule has 0 fully saturated rings. The lowest BCUT2D eigenvalue weighted by Crippen LogP contribution is -2.11. The summed E-state index contributed by atoms with van der Waals surface area (Å²) in [6.07, 6.45) is 4.82. The summed E-state index contributed by atoms with van der Waals surface area (Å²) in [5.74, 6) is 0.620. The van der Waals surface area contributed by atoms with Gasteiger partial charge in [-0.2, -0.15) is 5.10 Å². The first-order valence-corrected chi connectivity index (χ1v) is 8.28. The molecule has 3 aromatic rings. The molecule has 1 unspecified atom stereocenters. The van der Waals surface area contributed by atoms with Gasteiger partial charge in [0, 0.05) is 25.5 Å². The standard InChI is InChI=1S/C18H20FN5.2ClH/c1-13(14-3-5-15(19)6-4-14)23-10-8-21-18(23)17-11-16-12-20-7-2-9-24(16)22-17;;/h3-6,8,10-11,13,20H,2,7,9,12H2,1H3;2*1H. The highest BCUT2D eigenvalue weighted by atomic mass is 35.5. The maximum Gasteiger partial charge on any atom is 0.161 e. The van der Waals surface area contributed by atoms with Crippen LogP contribution in [0.3, 0.4) is 0 Å². The molecule has 0 saturated heterocycles. The molecule has 0 spiro atoms. The van der Waals surface area contributed by atoms with Crippen LogP contribution in [0.25, 0.3) is 11.5 Å². The van der Waals surface area contributed by atoms with Gasteiger partial charge in [0.15, 0.2) is 5.82 Å². The fraction of sp³-hybridized carbons (Fsp3) is 0.333. The van der Waals surface area contributed by atoms with Crippen molar-refractivity contribution in [1.29, 1.82) is 0 Å². The first kappa shape index (κ1) is 20.4. The van der Waals surface area contributed by atoms with Gasteiger partial charge < -0.3 is 9.88 Å². The molecule has 1 aliphatic heterocycles. The smallest absolute Gasteiger partial charge is 0.161 e. The van der Waals surface area contributed by atoms with Gasteiger partial charge in [-0.25, -0.2) is 9.37 Å². The second-order valence-electron chi connectivity index (χ2n) is 6.16. The van der Waals surface area contributed by atoms with Crippen LogP contribution >= 0.6 is 24.8 Å². The summed E-state index contributed by atoms with van der Waals surface area (Å²) >= 11 is 0. The van der Waals surface area contributed by atoms with Crippen molar-refractivity contribution in [3.8, 4) is 11.5 Å². The highest BCUT2D eigenvalue weighted by Crippen LogP contribution is 2.26. The minimum Gasteiger partial charge on any atom is -0.322 e. The lowest BCUT2D eigenvalue weighted by atomic mass is 10.1. The molecule has 140 valence electrons. The lowest BCUT2D eigenvalue weighted by molar-refractivity contribution is 0.585. The Balaban J connectivity index is 0.00000121. The quantitative estimate of drug-likeness (QED) is 0.730. The van der Waals surface area contributed by atoms with Gasteiger partial charge in [0.2, 0.25) is 0 Å². The molecular weight excluding hydrogens is 376 g/mol. The Hall–Kier alpha value is -1.89. The van der Waals surface area contributed by atoms with Crippen molar-refractivity contribution in [2.24, 2.45) is 0 Å². The molecule has 4 rings (SSSR count). The van der Waals surface area contributed by atoms with E-state index in [2.05, 4.69) is 32.5 Å². The van der Waals surface area contributed by atoms with Crippen molar-refractivity contribution < 1.29 is 4.39 Å². The summed E-state index contributed by atoms with van der Waals surface area (Å²) in [5, 5.41) is 8.14. The predicted octanol–water partition coefficient (Wildman–Crippen LogP) is 3.83. The van der Waals surface area contributed by atoms with E-state index in [9.17, 15) is 4.39 Å². The fourth-order valence-electron chi connectivity index (χ4n) is 3.20. The zero-order valence-electron chi connectivity index (χ0n) is 14.4. The number of nitrogens with one attached hydrogen (secondary N) is 1. The monoisotopic (exact) mass is 397 g/mol. The predicted molar refractivity (Wildman–Crippen MR) is 104 cm³/mol. The lowest BCUT2D eigenvalue weighted by Gasteiger charge is -2.16. The third-order valence-corrected chi connectivity index (χ3v) is 4.56. The molecule has 1 N–H and O–H groups in total. The number of fused-ring (bicyclic) bond motifs is 1. The van der Waals surface area contributed by atoms with Gasteiger partial charge >= 0.3 is 0 Å². The van der Waals surface area contributed by atoms with E-state index in [1.165, 1.54) is 17.8 Å². The van der Waals surface area contributed by atoms with Gasteiger partial charge in [0.25, 0.3) is 0 Å². The Bertz CT molecular complexity index is 820. The average molecular weight is 398 g/mol. The summed E-state index contributed by atoms with van der Waals surface area (Å²) in [7, 11) is 0. The number of aryl methyl sites for hydroxylation is 1. The number of rotatable bonds is 3. The van der Waals surface area contributed by atoms with E-state index in [-0.39, 0.29) is 36.7 Å². The van der Waals surface area contributed by atoms with Crippen LogP contribution in [0.2, 0.25) is 0 Å². The Labute approximate surface area is 164 Å². The second-order valence-corrected chi connectivity index (χ2v) is 6.16. The molecule has 2 aromatic heterocycles. The fourth-order valence-corrected chi connectivity index (χ4v) is 3.20. The zero-order valence-corrected chi connectivity index (χ0v) is 16.1. The first-order valence-electron chi connectivity index (χ1n) is 8.28. The molecule has 0 amide bonds. The van der Waals surface area contributed by atoms with Gasteiger partial charge in [-0.05, 0) is 43.7 Å². The van der Waals surface area contributed by atoms with Gasteiger partial charge in [0.1, 0.15) is 11.5 Å². The van der Waals surface area contributed by atoms with Crippen molar-refractivity contribution in [3.05, 3.63) is 59.8 Å². The van der Waals surface area contributed by atoms with Crippen molar-refractivity contribution in [1.82, 2.24) is 24.6 Å². The van der Waals surface area contributed by atoms with Crippen LogP contribution < -0.4 is 5.32 Å². The summed E-state index contributed by atoms with van der Waals surface area (Å²) in [6, 6.07) is 8.78. The first-order chi connectivity index (χ1) is 11.7. The van der Waals surface area contributed by atoms with E-state index >= 15 is 0 Å². The topological polar surface area (TPSA) is 47.7 Å². The maximum atomic E-state index is 13.2. The summed E-state index contributed by atoms with van der Waals surface area (Å²) in [6.45, 7) is 4.87. The van der Waals surface area contributed by atoms with Crippen LogP contribution in [0.5, 0.6) is 0 Å². The minimum absolute atomic E-state index is 0. The van der Waals surface area contributed by atoms with Gasteiger partial charge in [-0.15, -0.1) is 24.8 Å². The molecule has 1 atom stereocenters. The van der Waals surface area contributed by atoms with Gasteiger partial charge in [0.05, 0.1) is 11.7 Å². The average Bonchev–Trinajstić information content (AvgIpc) is 3.17. The van der Waals surface area contributed by atoms with Crippen LogP contribution in [-0.4, -0.2) is 25.9 Å². The third kappa shape index (κ3) is 3.92. The summed E-state index contributed by atoms with van der Waals surface area (Å²) < 4.78 is 17.3. The summed E-state index contributed by atoms with van der Waals surface area (Å²) in [5.41, 5.74) is 3.11. The van der Waals surface area contributed by atoms with Crippen molar-refractivity contribution in [2.45, 2.75) is 32.5 Å². The molecule has 5 nitrogen and oxygen atoms in total. The number of imidazole rings is 1. The normalized spacial score (nSPS) is 14.5. The molecule has 1 aliphatic rings. The molecule has 3 heterocycles. The maximum absolute atomic E-state index is 13.2. The Morgan fingerprint density at radius 2 is 1.96 bits per heavy atom. The largest absolute Gasteiger partial charge is 0.322 e. The second kappa shape index (κ2) is 8.66. The number of hydrogen-bond donors (Lipinski definition) is 1.